The molecule has 2 heterocycles. The van der Waals surface area contributed by atoms with Crippen molar-refractivity contribution in [1.82, 2.24) is 15.0 Å². The SMILES string of the molecule is Cc1cnccc1CNc1cnc(C(N)=S)cn1. The van der Waals surface area contributed by atoms with Crippen LogP contribution in [0.15, 0.2) is 30.9 Å². The summed E-state index contributed by atoms with van der Waals surface area (Å²) in [6.07, 6.45) is 6.78. The first-order valence-electron chi connectivity index (χ1n) is 5.42. The number of thiocarbonyl (C=S) groups is 1. The van der Waals surface area contributed by atoms with Crippen molar-refractivity contribution in [1.29, 1.82) is 0 Å². The van der Waals surface area contributed by atoms with Crippen molar-refractivity contribution >= 4 is 23.0 Å². The fourth-order valence-electron chi connectivity index (χ4n) is 1.43. The highest BCUT2D eigenvalue weighted by atomic mass is 32.1. The van der Waals surface area contributed by atoms with E-state index in [2.05, 4.69) is 20.3 Å². The minimum absolute atomic E-state index is 0.249. The summed E-state index contributed by atoms with van der Waals surface area (Å²) in [5, 5.41) is 3.18. The Morgan fingerprint density at radius 2 is 2.17 bits per heavy atom. The van der Waals surface area contributed by atoms with Crippen LogP contribution in [0.3, 0.4) is 0 Å². The number of nitrogens with two attached hydrogens (primary N) is 1. The quantitative estimate of drug-likeness (QED) is 0.809. The molecule has 0 aliphatic heterocycles. The molecule has 0 aromatic carbocycles. The van der Waals surface area contributed by atoms with Crippen molar-refractivity contribution < 1.29 is 0 Å². The predicted octanol–water partition coefficient (Wildman–Crippen LogP) is 1.43. The Balaban J connectivity index is 2.02. The monoisotopic (exact) mass is 259 g/mol. The fraction of sp³-hybridized carbons (Fsp3) is 0.167. The molecular weight excluding hydrogens is 246 g/mol. The van der Waals surface area contributed by atoms with Crippen molar-refractivity contribution in [2.45, 2.75) is 13.5 Å². The highest BCUT2D eigenvalue weighted by Gasteiger charge is 2.01. The Labute approximate surface area is 110 Å². The van der Waals surface area contributed by atoms with Crippen molar-refractivity contribution in [2.75, 3.05) is 5.32 Å². The third kappa shape index (κ3) is 2.98. The number of aromatic nitrogens is 3. The summed E-state index contributed by atoms with van der Waals surface area (Å²) in [4.78, 5) is 12.6. The first-order valence-corrected chi connectivity index (χ1v) is 5.83. The third-order valence-corrected chi connectivity index (χ3v) is 2.71. The van der Waals surface area contributed by atoms with Crippen LogP contribution in [-0.4, -0.2) is 19.9 Å². The zero-order valence-electron chi connectivity index (χ0n) is 9.92. The largest absolute Gasteiger partial charge is 0.388 e. The molecule has 0 fully saturated rings. The first-order chi connectivity index (χ1) is 8.66. The van der Waals surface area contributed by atoms with Gasteiger partial charge < -0.3 is 11.1 Å². The number of pyridine rings is 1. The lowest BCUT2D eigenvalue weighted by Crippen LogP contribution is -2.12. The minimum Gasteiger partial charge on any atom is -0.388 e. The van der Waals surface area contributed by atoms with Crippen molar-refractivity contribution in [3.8, 4) is 0 Å². The van der Waals surface area contributed by atoms with Gasteiger partial charge in [-0.3, -0.25) is 4.98 Å². The summed E-state index contributed by atoms with van der Waals surface area (Å²) >= 11 is 4.81. The van der Waals surface area contributed by atoms with Crippen LogP contribution < -0.4 is 11.1 Å². The number of nitrogens with zero attached hydrogens (tertiary/aromatic N) is 3. The summed E-state index contributed by atoms with van der Waals surface area (Å²) in [5.41, 5.74) is 8.28. The molecule has 2 aromatic rings. The topological polar surface area (TPSA) is 76.7 Å². The van der Waals surface area contributed by atoms with Gasteiger partial charge in [0.15, 0.2) is 0 Å². The molecule has 0 atom stereocenters. The molecule has 6 heteroatoms. The van der Waals surface area contributed by atoms with Gasteiger partial charge in [0.25, 0.3) is 0 Å². The van der Waals surface area contributed by atoms with E-state index in [0.717, 1.165) is 5.56 Å². The van der Waals surface area contributed by atoms with Gasteiger partial charge in [-0.2, -0.15) is 0 Å². The molecule has 2 aromatic heterocycles. The van der Waals surface area contributed by atoms with Crippen LogP contribution in [0.1, 0.15) is 16.8 Å². The average molecular weight is 259 g/mol. The molecule has 0 saturated heterocycles. The molecule has 0 amide bonds. The molecule has 3 N–H and O–H groups in total. The predicted molar refractivity (Wildman–Crippen MR) is 74.2 cm³/mol. The summed E-state index contributed by atoms with van der Waals surface area (Å²) in [6.45, 7) is 2.70. The van der Waals surface area contributed by atoms with E-state index in [4.69, 9.17) is 18.0 Å². The Bertz CT molecular complexity index is 553. The molecule has 0 aliphatic carbocycles. The van der Waals surface area contributed by atoms with Crippen molar-refractivity contribution in [3.63, 3.8) is 0 Å². The van der Waals surface area contributed by atoms with Gasteiger partial charge in [-0.05, 0) is 24.1 Å². The van der Waals surface area contributed by atoms with Crippen LogP contribution in [0, 0.1) is 6.92 Å². The second-order valence-corrected chi connectivity index (χ2v) is 4.25. The second-order valence-electron chi connectivity index (χ2n) is 3.81. The Morgan fingerprint density at radius 3 is 2.78 bits per heavy atom. The maximum Gasteiger partial charge on any atom is 0.144 e. The summed E-state index contributed by atoms with van der Waals surface area (Å²) < 4.78 is 0. The van der Waals surface area contributed by atoms with Gasteiger partial charge in [-0.25, -0.2) is 9.97 Å². The lowest BCUT2D eigenvalue weighted by Gasteiger charge is -2.07. The van der Waals surface area contributed by atoms with E-state index >= 15 is 0 Å². The number of nitrogens with one attached hydrogen (secondary N) is 1. The van der Waals surface area contributed by atoms with Crippen LogP contribution in [0.2, 0.25) is 0 Å². The molecule has 2 rings (SSSR count). The normalized spacial score (nSPS) is 10.1. The zero-order chi connectivity index (χ0) is 13.0. The van der Waals surface area contributed by atoms with Gasteiger partial charge in [0.2, 0.25) is 0 Å². The zero-order valence-corrected chi connectivity index (χ0v) is 10.7. The van der Waals surface area contributed by atoms with Crippen LogP contribution >= 0.6 is 12.2 Å². The van der Waals surface area contributed by atoms with E-state index in [1.54, 1.807) is 18.6 Å². The number of hydrogen-bond acceptors (Lipinski definition) is 5. The molecular formula is C12H13N5S. The molecule has 0 bridgehead atoms. The van der Waals surface area contributed by atoms with Crippen LogP contribution in [0.4, 0.5) is 5.82 Å². The highest BCUT2D eigenvalue weighted by Crippen LogP contribution is 2.08. The smallest absolute Gasteiger partial charge is 0.144 e. The molecule has 0 unspecified atom stereocenters. The van der Waals surface area contributed by atoms with Crippen LogP contribution in [0.5, 0.6) is 0 Å². The summed E-state index contributed by atoms with van der Waals surface area (Å²) in [7, 11) is 0. The Kier molecular flexibility index (Phi) is 3.78. The summed E-state index contributed by atoms with van der Waals surface area (Å²) in [6, 6.07) is 1.97. The fourth-order valence-corrected chi connectivity index (χ4v) is 1.54. The van der Waals surface area contributed by atoms with Crippen LogP contribution in [-0.2, 0) is 6.54 Å². The van der Waals surface area contributed by atoms with E-state index in [1.165, 1.54) is 5.56 Å². The highest BCUT2D eigenvalue weighted by molar-refractivity contribution is 7.80. The van der Waals surface area contributed by atoms with Gasteiger partial charge in [0, 0.05) is 18.9 Å². The Hall–Kier alpha value is -2.08. The number of anilines is 1. The van der Waals surface area contributed by atoms with Gasteiger partial charge in [-0.15, -0.1) is 0 Å². The minimum atomic E-state index is 0.249. The van der Waals surface area contributed by atoms with E-state index in [-0.39, 0.29) is 4.99 Å². The Morgan fingerprint density at radius 1 is 1.33 bits per heavy atom. The van der Waals surface area contributed by atoms with Crippen LogP contribution in [0.25, 0.3) is 0 Å². The molecule has 0 saturated carbocycles. The third-order valence-electron chi connectivity index (χ3n) is 2.50. The van der Waals surface area contributed by atoms with E-state index < -0.39 is 0 Å². The van der Waals surface area contributed by atoms with Crippen molar-refractivity contribution in [2.24, 2.45) is 5.73 Å². The second kappa shape index (κ2) is 5.50. The molecule has 5 nitrogen and oxygen atoms in total. The van der Waals surface area contributed by atoms with E-state index in [9.17, 15) is 0 Å². The maximum atomic E-state index is 5.45. The standard InChI is InChI=1S/C12H13N5S/c1-8-4-14-3-2-9(8)5-16-11-7-15-10(6-17-11)12(13)18/h2-4,6-7H,5H2,1H3,(H2,13,18)(H,16,17). The number of rotatable bonds is 4. The molecule has 0 aliphatic rings. The van der Waals surface area contributed by atoms with E-state index in [1.807, 2.05) is 19.2 Å². The van der Waals surface area contributed by atoms with Crippen molar-refractivity contribution in [3.05, 3.63) is 47.7 Å². The van der Waals surface area contributed by atoms with Gasteiger partial charge >= 0.3 is 0 Å². The van der Waals surface area contributed by atoms with E-state index in [0.29, 0.717) is 18.1 Å². The number of aryl methyl sites for hydroxylation is 1. The molecule has 92 valence electrons. The maximum absolute atomic E-state index is 5.45. The first kappa shape index (κ1) is 12.4. The van der Waals surface area contributed by atoms with Gasteiger partial charge in [0.05, 0.1) is 12.4 Å². The lowest BCUT2D eigenvalue weighted by atomic mass is 10.1. The average Bonchev–Trinajstić information content (AvgIpc) is 2.38. The van der Waals surface area contributed by atoms with Gasteiger partial charge in [-0.1, -0.05) is 12.2 Å². The molecule has 18 heavy (non-hydrogen) atoms. The molecule has 0 radical (unpaired) electrons. The lowest BCUT2D eigenvalue weighted by molar-refractivity contribution is 1.05. The number of hydrogen-bond donors (Lipinski definition) is 2. The molecule has 0 spiro atoms. The van der Waals surface area contributed by atoms with Gasteiger partial charge in [0.1, 0.15) is 16.5 Å². The summed E-state index contributed by atoms with van der Waals surface area (Å²) in [5.74, 6) is 0.686.